The highest BCUT2D eigenvalue weighted by Gasteiger charge is 2.55. The number of halogens is 3. The van der Waals surface area contributed by atoms with Gasteiger partial charge in [-0.2, -0.15) is 13.2 Å². The minimum absolute atomic E-state index is 0.0167. The molecule has 1 aliphatic heterocycles. The van der Waals surface area contributed by atoms with E-state index in [-0.39, 0.29) is 31.0 Å². The van der Waals surface area contributed by atoms with Gasteiger partial charge in [0.15, 0.2) is 0 Å². The van der Waals surface area contributed by atoms with E-state index >= 15 is 0 Å². The van der Waals surface area contributed by atoms with E-state index in [1.165, 1.54) is 6.20 Å². The topological polar surface area (TPSA) is 58.0 Å². The Morgan fingerprint density at radius 1 is 0.923 bits per heavy atom. The fourth-order valence-electron chi connectivity index (χ4n) is 5.02. The minimum atomic E-state index is -4.63. The van der Waals surface area contributed by atoms with Crippen LogP contribution >= 0.6 is 0 Å². The number of ether oxygens (including phenoxy) is 1. The number of rotatable bonds is 4. The zero-order chi connectivity index (χ0) is 27.8. The van der Waals surface area contributed by atoms with E-state index in [2.05, 4.69) is 4.98 Å². The maximum Gasteiger partial charge on any atom is 0.419 e. The fraction of sp³-hybridized carbons (Fsp3) is 0.367. The van der Waals surface area contributed by atoms with Crippen molar-refractivity contribution in [1.82, 2.24) is 9.88 Å². The van der Waals surface area contributed by atoms with Crippen LogP contribution in [0.2, 0.25) is 0 Å². The first-order valence-electron chi connectivity index (χ1n) is 13.0. The predicted octanol–water partition coefficient (Wildman–Crippen LogP) is 6.86. The molecule has 204 valence electrons. The van der Waals surface area contributed by atoms with Crippen LogP contribution in [0, 0.1) is 0 Å². The van der Waals surface area contributed by atoms with Gasteiger partial charge in [-0.05, 0) is 33.6 Å². The lowest BCUT2D eigenvalue weighted by atomic mass is 10.0. The molecular formula is C30H31F3N4O2. The maximum absolute atomic E-state index is 14.4. The highest BCUT2D eigenvalue weighted by atomic mass is 19.4. The van der Waals surface area contributed by atoms with E-state index in [1.54, 1.807) is 30.6 Å². The molecule has 5 rings (SSSR count). The molecule has 2 fully saturated rings. The molecule has 1 aliphatic carbocycles. The molecule has 1 spiro atoms. The summed E-state index contributed by atoms with van der Waals surface area (Å²) in [5, 5.41) is 0. The summed E-state index contributed by atoms with van der Waals surface area (Å²) in [6, 6.07) is 18.7. The van der Waals surface area contributed by atoms with Crippen LogP contribution in [0.5, 0.6) is 0 Å². The standard InChI is InChI=1S/C30H31F3N4O2/c1-28(2,3)39-27(38)37-17-16-36(20-29(37)14-15-29)26-23(30(31,32)33)18-34-19-24(26)35-25(21-10-6-4-7-11-21)22-12-8-5-9-13-22/h4-13,18-19H,14-17,20H2,1-3H3. The molecule has 0 bridgehead atoms. The first kappa shape index (κ1) is 26.7. The second kappa shape index (κ2) is 10.0. The van der Waals surface area contributed by atoms with Crippen LogP contribution in [-0.4, -0.2) is 52.5 Å². The lowest BCUT2D eigenvalue weighted by molar-refractivity contribution is -0.137. The van der Waals surface area contributed by atoms with Crippen molar-refractivity contribution < 1.29 is 22.7 Å². The van der Waals surface area contributed by atoms with Gasteiger partial charge in [0.2, 0.25) is 0 Å². The first-order valence-corrected chi connectivity index (χ1v) is 13.0. The van der Waals surface area contributed by atoms with Gasteiger partial charge in [0.1, 0.15) is 11.3 Å². The lowest BCUT2D eigenvalue weighted by Gasteiger charge is -2.44. The SMILES string of the molecule is CC(C)(C)OC(=O)N1CCN(c2c(N=C(c3ccccc3)c3ccccc3)cncc2C(F)(F)F)CC12CC2. The highest BCUT2D eigenvalue weighted by Crippen LogP contribution is 2.49. The van der Waals surface area contributed by atoms with Gasteiger partial charge in [0.25, 0.3) is 0 Å². The van der Waals surface area contributed by atoms with Crippen LogP contribution in [0.1, 0.15) is 50.3 Å². The number of carbonyl (C=O) groups excluding carboxylic acids is 1. The zero-order valence-corrected chi connectivity index (χ0v) is 22.2. The summed E-state index contributed by atoms with van der Waals surface area (Å²) in [6.45, 7) is 6.12. The molecule has 0 N–H and O–H groups in total. The molecule has 1 amide bonds. The Balaban J connectivity index is 1.58. The normalized spacial score (nSPS) is 16.7. The highest BCUT2D eigenvalue weighted by molar-refractivity contribution is 6.14. The van der Waals surface area contributed by atoms with Crippen LogP contribution in [0.3, 0.4) is 0 Å². The van der Waals surface area contributed by atoms with Gasteiger partial charge in [0, 0.05) is 37.0 Å². The Labute approximate surface area is 226 Å². The van der Waals surface area contributed by atoms with Gasteiger partial charge in [-0.25, -0.2) is 9.79 Å². The summed E-state index contributed by atoms with van der Waals surface area (Å²) in [5.41, 5.74) is 0.159. The molecule has 0 atom stereocenters. The van der Waals surface area contributed by atoms with Crippen molar-refractivity contribution in [3.63, 3.8) is 0 Å². The number of carbonyl (C=O) groups is 1. The number of alkyl halides is 3. The number of hydrogen-bond donors (Lipinski definition) is 0. The summed E-state index contributed by atoms with van der Waals surface area (Å²) in [6.07, 6.45) is -1.42. The third-order valence-electron chi connectivity index (χ3n) is 6.94. The van der Waals surface area contributed by atoms with Crippen molar-refractivity contribution >= 4 is 23.2 Å². The van der Waals surface area contributed by atoms with Crippen LogP contribution in [0.25, 0.3) is 0 Å². The van der Waals surface area contributed by atoms with Gasteiger partial charge in [-0.3, -0.25) is 9.88 Å². The molecule has 1 aromatic heterocycles. The van der Waals surface area contributed by atoms with E-state index in [4.69, 9.17) is 9.73 Å². The van der Waals surface area contributed by atoms with Crippen molar-refractivity contribution in [2.45, 2.75) is 50.9 Å². The molecule has 0 radical (unpaired) electrons. The number of amides is 1. The molecule has 0 unspecified atom stereocenters. The molecule has 6 nitrogen and oxygen atoms in total. The van der Waals surface area contributed by atoms with Gasteiger partial charge in [0.05, 0.1) is 28.7 Å². The molecule has 1 saturated heterocycles. The van der Waals surface area contributed by atoms with Crippen LogP contribution in [0.15, 0.2) is 78.0 Å². The number of piperazine rings is 1. The van der Waals surface area contributed by atoms with Crippen molar-refractivity contribution in [2.75, 3.05) is 24.5 Å². The molecule has 1 saturated carbocycles. The van der Waals surface area contributed by atoms with Crippen LogP contribution in [-0.2, 0) is 10.9 Å². The molecular weight excluding hydrogens is 505 g/mol. The molecule has 3 aromatic rings. The van der Waals surface area contributed by atoms with Crippen molar-refractivity contribution in [3.05, 3.63) is 89.7 Å². The molecule has 2 aliphatic rings. The zero-order valence-electron chi connectivity index (χ0n) is 22.2. The monoisotopic (exact) mass is 536 g/mol. The van der Waals surface area contributed by atoms with Crippen molar-refractivity contribution in [2.24, 2.45) is 4.99 Å². The molecule has 2 heterocycles. The van der Waals surface area contributed by atoms with Crippen LogP contribution < -0.4 is 4.90 Å². The Bertz CT molecular complexity index is 1320. The van der Waals surface area contributed by atoms with E-state index in [0.29, 0.717) is 18.6 Å². The van der Waals surface area contributed by atoms with Gasteiger partial charge >= 0.3 is 12.3 Å². The first-order chi connectivity index (χ1) is 18.5. The summed E-state index contributed by atoms with van der Waals surface area (Å²) in [7, 11) is 0. The third kappa shape index (κ3) is 5.77. The lowest BCUT2D eigenvalue weighted by Crippen LogP contribution is -2.58. The number of anilines is 1. The Kier molecular flexibility index (Phi) is 6.86. The number of aromatic nitrogens is 1. The number of pyridine rings is 1. The summed E-state index contributed by atoms with van der Waals surface area (Å²) >= 11 is 0. The second-order valence-electron chi connectivity index (χ2n) is 11.0. The number of hydrogen-bond acceptors (Lipinski definition) is 5. The Morgan fingerprint density at radius 3 is 2.03 bits per heavy atom. The predicted molar refractivity (Wildman–Crippen MR) is 145 cm³/mol. The number of benzene rings is 2. The van der Waals surface area contributed by atoms with Crippen molar-refractivity contribution in [3.8, 4) is 0 Å². The van der Waals surface area contributed by atoms with Crippen molar-refractivity contribution in [1.29, 1.82) is 0 Å². The quantitative estimate of drug-likeness (QED) is 0.342. The summed E-state index contributed by atoms with van der Waals surface area (Å²) < 4.78 is 48.7. The molecule has 9 heteroatoms. The van der Waals surface area contributed by atoms with Crippen LogP contribution in [0.4, 0.5) is 29.3 Å². The average Bonchev–Trinajstić information content (AvgIpc) is 3.65. The Morgan fingerprint density at radius 2 is 1.51 bits per heavy atom. The van der Waals surface area contributed by atoms with Gasteiger partial charge in [-0.1, -0.05) is 60.7 Å². The van der Waals surface area contributed by atoms with Gasteiger partial charge < -0.3 is 9.64 Å². The smallest absolute Gasteiger partial charge is 0.419 e. The molecule has 39 heavy (non-hydrogen) atoms. The fourth-order valence-corrected chi connectivity index (χ4v) is 5.02. The summed E-state index contributed by atoms with van der Waals surface area (Å²) in [5.74, 6) is 0. The number of nitrogens with zero attached hydrogens (tertiary/aromatic N) is 4. The van der Waals surface area contributed by atoms with E-state index in [9.17, 15) is 18.0 Å². The minimum Gasteiger partial charge on any atom is -0.444 e. The van der Waals surface area contributed by atoms with E-state index < -0.39 is 29.0 Å². The van der Waals surface area contributed by atoms with Gasteiger partial charge in [-0.15, -0.1) is 0 Å². The maximum atomic E-state index is 14.4. The number of aliphatic imine (C=N–C) groups is 1. The van der Waals surface area contributed by atoms with E-state index in [0.717, 1.165) is 17.3 Å². The largest absolute Gasteiger partial charge is 0.444 e. The Hall–Kier alpha value is -3.88. The summed E-state index contributed by atoms with van der Waals surface area (Å²) in [4.78, 5) is 25.1. The second-order valence-corrected chi connectivity index (χ2v) is 11.0. The van der Waals surface area contributed by atoms with E-state index in [1.807, 2.05) is 60.7 Å². The third-order valence-corrected chi connectivity index (χ3v) is 6.94. The average molecular weight is 537 g/mol. The molecule has 2 aromatic carbocycles.